The Balaban J connectivity index is 1.36. The van der Waals surface area contributed by atoms with Crippen LogP contribution in [0.5, 0.6) is 11.5 Å². The van der Waals surface area contributed by atoms with E-state index in [9.17, 15) is 9.59 Å². The van der Waals surface area contributed by atoms with Gasteiger partial charge in [0, 0.05) is 31.2 Å². The fourth-order valence-electron chi connectivity index (χ4n) is 3.32. The van der Waals surface area contributed by atoms with E-state index in [2.05, 4.69) is 0 Å². The van der Waals surface area contributed by atoms with Crippen LogP contribution < -0.4 is 9.47 Å². The summed E-state index contributed by atoms with van der Waals surface area (Å²) in [6.07, 6.45) is 0.336. The maximum atomic E-state index is 12.8. The Morgan fingerprint density at radius 3 is 2.37 bits per heavy atom. The van der Waals surface area contributed by atoms with Crippen molar-refractivity contribution in [1.29, 1.82) is 0 Å². The van der Waals surface area contributed by atoms with Gasteiger partial charge in [0.15, 0.2) is 11.5 Å². The van der Waals surface area contributed by atoms with Gasteiger partial charge in [0.05, 0.1) is 12.0 Å². The number of nitrogens with zero attached hydrogens (tertiary/aromatic N) is 2. The van der Waals surface area contributed by atoms with Crippen molar-refractivity contribution in [2.75, 3.05) is 33.0 Å². The number of hydrogen-bond acceptors (Lipinski definition) is 4. The van der Waals surface area contributed by atoms with Gasteiger partial charge in [0.2, 0.25) is 12.7 Å². The van der Waals surface area contributed by atoms with Crippen LogP contribution in [0.15, 0.2) is 42.5 Å². The van der Waals surface area contributed by atoms with E-state index in [4.69, 9.17) is 21.1 Å². The lowest BCUT2D eigenvalue weighted by atomic mass is 10.1. The number of carbonyl (C=O) groups is 2. The van der Waals surface area contributed by atoms with Gasteiger partial charge in [-0.2, -0.15) is 0 Å². The number of hydrogen-bond donors (Lipinski definition) is 0. The molecule has 2 aromatic rings. The quantitative estimate of drug-likeness (QED) is 0.813. The number of halogens is 1. The summed E-state index contributed by atoms with van der Waals surface area (Å²) in [5, 5.41) is 0.653. The molecule has 7 heteroatoms. The molecule has 0 spiro atoms. The van der Waals surface area contributed by atoms with Gasteiger partial charge in [-0.3, -0.25) is 9.59 Å². The summed E-state index contributed by atoms with van der Waals surface area (Å²) >= 11 is 5.88. The molecule has 0 saturated carbocycles. The summed E-state index contributed by atoms with van der Waals surface area (Å²) in [6, 6.07) is 12.6. The summed E-state index contributed by atoms with van der Waals surface area (Å²) in [7, 11) is 0. The van der Waals surface area contributed by atoms with E-state index in [-0.39, 0.29) is 18.6 Å². The Morgan fingerprint density at radius 2 is 1.63 bits per heavy atom. The zero-order valence-corrected chi connectivity index (χ0v) is 15.4. The standard InChI is InChI=1S/C20H19ClN2O4/c21-15-6-4-14(5-7-15)12-18(24)22-8-10-23(11-9-22)20(25)16-2-1-3-17-19(16)27-13-26-17/h1-7H,8-13H2. The fraction of sp³-hybridized carbons (Fsp3) is 0.300. The SMILES string of the molecule is O=C(Cc1ccc(Cl)cc1)N1CCN(C(=O)c2cccc3c2OCO3)CC1. The topological polar surface area (TPSA) is 59.1 Å². The molecule has 0 aliphatic carbocycles. The van der Waals surface area contributed by atoms with Crippen LogP contribution in [0.2, 0.25) is 5.02 Å². The minimum absolute atomic E-state index is 0.0572. The van der Waals surface area contributed by atoms with Crippen molar-refractivity contribution in [2.45, 2.75) is 6.42 Å². The highest BCUT2D eigenvalue weighted by Crippen LogP contribution is 2.36. The van der Waals surface area contributed by atoms with Gasteiger partial charge in [0.1, 0.15) is 0 Å². The Bertz CT molecular complexity index is 861. The molecule has 0 unspecified atom stereocenters. The monoisotopic (exact) mass is 386 g/mol. The Labute approximate surface area is 162 Å². The van der Waals surface area contributed by atoms with Crippen molar-refractivity contribution in [3.8, 4) is 11.5 Å². The third kappa shape index (κ3) is 3.71. The largest absolute Gasteiger partial charge is 0.454 e. The Kier molecular flexibility index (Phi) is 4.90. The summed E-state index contributed by atoms with van der Waals surface area (Å²) in [5.74, 6) is 1.06. The predicted octanol–water partition coefficient (Wildman–Crippen LogP) is 2.60. The van der Waals surface area contributed by atoms with E-state index < -0.39 is 0 Å². The lowest BCUT2D eigenvalue weighted by molar-refractivity contribution is -0.131. The lowest BCUT2D eigenvalue weighted by Crippen LogP contribution is -2.51. The first-order valence-electron chi connectivity index (χ1n) is 8.82. The number of fused-ring (bicyclic) bond motifs is 1. The van der Waals surface area contributed by atoms with Gasteiger partial charge in [0.25, 0.3) is 5.91 Å². The van der Waals surface area contributed by atoms with Crippen molar-refractivity contribution in [3.05, 3.63) is 58.6 Å². The average Bonchev–Trinajstić information content (AvgIpc) is 3.18. The Hall–Kier alpha value is -2.73. The minimum Gasteiger partial charge on any atom is -0.454 e. The molecule has 1 saturated heterocycles. The van der Waals surface area contributed by atoms with Crippen LogP contribution in [0.25, 0.3) is 0 Å². The number of benzene rings is 2. The number of para-hydroxylation sites is 1. The number of rotatable bonds is 3. The van der Waals surface area contributed by atoms with Crippen LogP contribution in [0.1, 0.15) is 15.9 Å². The zero-order chi connectivity index (χ0) is 18.8. The molecule has 27 heavy (non-hydrogen) atoms. The molecule has 0 radical (unpaired) electrons. The van der Waals surface area contributed by atoms with E-state index in [1.807, 2.05) is 12.1 Å². The van der Waals surface area contributed by atoms with Crippen molar-refractivity contribution in [1.82, 2.24) is 9.80 Å². The molecule has 2 aromatic carbocycles. The van der Waals surface area contributed by atoms with E-state index in [0.29, 0.717) is 54.7 Å². The van der Waals surface area contributed by atoms with Crippen LogP contribution >= 0.6 is 11.6 Å². The van der Waals surface area contributed by atoms with Crippen molar-refractivity contribution >= 4 is 23.4 Å². The van der Waals surface area contributed by atoms with Gasteiger partial charge in [-0.05, 0) is 29.8 Å². The molecule has 2 aliphatic heterocycles. The van der Waals surface area contributed by atoms with E-state index in [0.717, 1.165) is 5.56 Å². The predicted molar refractivity (Wildman–Crippen MR) is 100 cm³/mol. The molecule has 2 aliphatic rings. The van der Waals surface area contributed by atoms with Crippen LogP contribution in [0.4, 0.5) is 0 Å². The van der Waals surface area contributed by atoms with E-state index in [1.54, 1.807) is 40.1 Å². The van der Waals surface area contributed by atoms with Crippen LogP contribution in [0.3, 0.4) is 0 Å². The maximum absolute atomic E-state index is 12.8. The number of carbonyl (C=O) groups excluding carboxylic acids is 2. The molecule has 2 amide bonds. The second-order valence-electron chi connectivity index (χ2n) is 6.52. The number of amides is 2. The molecule has 0 bridgehead atoms. The summed E-state index contributed by atoms with van der Waals surface area (Å²) in [6.45, 7) is 2.16. The lowest BCUT2D eigenvalue weighted by Gasteiger charge is -2.35. The first kappa shape index (κ1) is 17.7. The van der Waals surface area contributed by atoms with Gasteiger partial charge in [-0.15, -0.1) is 0 Å². The summed E-state index contributed by atoms with van der Waals surface area (Å²) in [5.41, 5.74) is 1.44. The van der Waals surface area contributed by atoms with E-state index >= 15 is 0 Å². The van der Waals surface area contributed by atoms with Gasteiger partial charge >= 0.3 is 0 Å². The van der Waals surface area contributed by atoms with Crippen molar-refractivity contribution < 1.29 is 19.1 Å². The summed E-state index contributed by atoms with van der Waals surface area (Å²) < 4.78 is 10.8. The fourth-order valence-corrected chi connectivity index (χ4v) is 3.44. The molecule has 0 N–H and O–H groups in total. The van der Waals surface area contributed by atoms with E-state index in [1.165, 1.54) is 0 Å². The smallest absolute Gasteiger partial charge is 0.257 e. The molecule has 140 valence electrons. The second-order valence-corrected chi connectivity index (χ2v) is 6.95. The summed E-state index contributed by atoms with van der Waals surface area (Å²) in [4.78, 5) is 28.9. The highest BCUT2D eigenvalue weighted by molar-refractivity contribution is 6.30. The van der Waals surface area contributed by atoms with Crippen molar-refractivity contribution in [3.63, 3.8) is 0 Å². The van der Waals surface area contributed by atoms with Crippen molar-refractivity contribution in [2.24, 2.45) is 0 Å². The van der Waals surface area contributed by atoms with Crippen LogP contribution in [-0.2, 0) is 11.2 Å². The van der Waals surface area contributed by atoms with Gasteiger partial charge in [-0.25, -0.2) is 0 Å². The third-order valence-corrected chi connectivity index (χ3v) is 5.07. The molecule has 0 aromatic heterocycles. The molecular formula is C20H19ClN2O4. The molecule has 1 fully saturated rings. The maximum Gasteiger partial charge on any atom is 0.257 e. The first-order valence-corrected chi connectivity index (χ1v) is 9.20. The second kappa shape index (κ2) is 7.48. The average molecular weight is 387 g/mol. The first-order chi connectivity index (χ1) is 13.1. The third-order valence-electron chi connectivity index (χ3n) is 4.82. The Morgan fingerprint density at radius 1 is 0.926 bits per heavy atom. The highest BCUT2D eigenvalue weighted by atomic mass is 35.5. The van der Waals surface area contributed by atoms with Crippen LogP contribution in [-0.4, -0.2) is 54.6 Å². The normalized spacial score (nSPS) is 15.7. The molecular weight excluding hydrogens is 368 g/mol. The highest BCUT2D eigenvalue weighted by Gasteiger charge is 2.29. The molecule has 6 nitrogen and oxygen atoms in total. The number of piperazine rings is 1. The number of ether oxygens (including phenoxy) is 2. The molecule has 0 atom stereocenters. The minimum atomic E-state index is -0.0952. The molecule has 2 heterocycles. The molecule has 4 rings (SSSR count). The van der Waals surface area contributed by atoms with Gasteiger partial charge < -0.3 is 19.3 Å². The zero-order valence-electron chi connectivity index (χ0n) is 14.7. The van der Waals surface area contributed by atoms with Gasteiger partial charge in [-0.1, -0.05) is 29.8 Å². The van der Waals surface area contributed by atoms with Crippen LogP contribution in [0, 0.1) is 0 Å².